The average Bonchev–Trinajstić information content (AvgIpc) is 1.63. The van der Waals surface area contributed by atoms with E-state index < -0.39 is 10.1 Å². The molecule has 1 N–H and O–H groups in total. The summed E-state index contributed by atoms with van der Waals surface area (Å²) in [5.74, 6) is 0.517. The van der Waals surface area contributed by atoms with Gasteiger partial charge in [-0.1, -0.05) is 0 Å². The van der Waals surface area contributed by atoms with Gasteiger partial charge in [0.1, 0.15) is 0 Å². The minimum Gasteiger partial charge on any atom is -1.00 e. The van der Waals surface area contributed by atoms with Gasteiger partial charge in [-0.15, -0.1) is 0 Å². The van der Waals surface area contributed by atoms with Gasteiger partial charge in [0.05, 0.1) is 5.75 Å². The SMILES string of the molecule is O=S(=O)(O)CCCCS.[H-].[Na+]. The molecule has 10 heavy (non-hydrogen) atoms. The Balaban J connectivity index is -0.000000320. The van der Waals surface area contributed by atoms with Gasteiger partial charge in [-0.05, 0) is 18.6 Å². The standard InChI is InChI=1S/C4H10O3S2.Na.H/c5-9(6,7)4-2-1-3-8;;/h8H,1-4H2,(H,5,6,7);;/q;+1;-1. The summed E-state index contributed by atoms with van der Waals surface area (Å²) in [6, 6.07) is 0. The van der Waals surface area contributed by atoms with Crippen LogP contribution in [0.5, 0.6) is 0 Å². The van der Waals surface area contributed by atoms with Gasteiger partial charge in [0.2, 0.25) is 0 Å². The topological polar surface area (TPSA) is 54.4 Å². The maximum atomic E-state index is 10.0. The first-order valence-electron chi connectivity index (χ1n) is 2.62. The molecular weight excluding hydrogens is 183 g/mol. The van der Waals surface area contributed by atoms with E-state index in [4.69, 9.17) is 4.55 Å². The number of thiol groups is 1. The van der Waals surface area contributed by atoms with Gasteiger partial charge >= 0.3 is 29.6 Å². The molecule has 0 rings (SSSR count). The first-order valence-corrected chi connectivity index (χ1v) is 4.86. The molecule has 0 aromatic heterocycles. The van der Waals surface area contributed by atoms with Crippen LogP contribution in [-0.4, -0.2) is 24.5 Å². The molecule has 0 amide bonds. The van der Waals surface area contributed by atoms with Crippen molar-refractivity contribution >= 4 is 22.7 Å². The summed E-state index contributed by atoms with van der Waals surface area (Å²) in [6.07, 6.45) is 1.21. The molecule has 0 radical (unpaired) electrons. The van der Waals surface area contributed by atoms with Crippen molar-refractivity contribution in [1.29, 1.82) is 0 Å². The fraction of sp³-hybridized carbons (Fsp3) is 1.00. The smallest absolute Gasteiger partial charge is 1.00 e. The van der Waals surface area contributed by atoms with Crippen molar-refractivity contribution in [2.75, 3.05) is 11.5 Å². The first-order chi connectivity index (χ1) is 4.06. The third-order valence-corrected chi connectivity index (χ3v) is 1.93. The van der Waals surface area contributed by atoms with Gasteiger partial charge in [-0.25, -0.2) is 0 Å². The Morgan fingerprint density at radius 1 is 1.40 bits per heavy atom. The molecule has 0 aliphatic carbocycles. The van der Waals surface area contributed by atoms with E-state index in [-0.39, 0.29) is 36.7 Å². The second-order valence-corrected chi connectivity index (χ2v) is 3.74. The van der Waals surface area contributed by atoms with Gasteiger partial charge < -0.3 is 1.43 Å². The molecule has 0 aliphatic heterocycles. The number of rotatable bonds is 4. The molecule has 0 aliphatic rings. The van der Waals surface area contributed by atoms with Crippen LogP contribution in [0.1, 0.15) is 14.3 Å². The predicted molar refractivity (Wildman–Crippen MR) is 40.6 cm³/mol. The van der Waals surface area contributed by atoms with Gasteiger partial charge in [-0.2, -0.15) is 21.0 Å². The molecule has 0 bridgehead atoms. The molecule has 3 nitrogen and oxygen atoms in total. The van der Waals surface area contributed by atoms with E-state index >= 15 is 0 Å². The molecule has 0 saturated carbocycles. The van der Waals surface area contributed by atoms with Crippen molar-refractivity contribution in [1.82, 2.24) is 0 Å². The van der Waals surface area contributed by atoms with Gasteiger partial charge in [0, 0.05) is 0 Å². The van der Waals surface area contributed by atoms with Crippen LogP contribution in [0.25, 0.3) is 0 Å². The predicted octanol–water partition coefficient (Wildman–Crippen LogP) is -2.30. The summed E-state index contributed by atoms with van der Waals surface area (Å²) in [4.78, 5) is 0. The average molecular weight is 194 g/mol. The molecule has 0 spiro atoms. The molecule has 0 atom stereocenters. The molecule has 0 fully saturated rings. The largest absolute Gasteiger partial charge is 1.00 e. The zero-order valence-corrected chi connectivity index (χ0v) is 9.66. The Kier molecular flexibility index (Phi) is 9.59. The Morgan fingerprint density at radius 2 is 1.90 bits per heavy atom. The van der Waals surface area contributed by atoms with Crippen molar-refractivity contribution in [3.05, 3.63) is 0 Å². The van der Waals surface area contributed by atoms with E-state index in [0.717, 1.165) is 6.42 Å². The molecule has 0 unspecified atom stereocenters. The van der Waals surface area contributed by atoms with Crippen LogP contribution in [0.15, 0.2) is 0 Å². The quantitative estimate of drug-likeness (QED) is 0.229. The van der Waals surface area contributed by atoms with Crippen molar-refractivity contribution < 1.29 is 44.0 Å². The zero-order chi connectivity index (χ0) is 7.33. The summed E-state index contributed by atoms with van der Waals surface area (Å²) >= 11 is 3.87. The van der Waals surface area contributed by atoms with E-state index in [1.165, 1.54) is 0 Å². The van der Waals surface area contributed by atoms with Gasteiger partial charge in [0.25, 0.3) is 10.1 Å². The van der Waals surface area contributed by atoms with Crippen LogP contribution < -0.4 is 29.6 Å². The van der Waals surface area contributed by atoms with E-state index in [1.807, 2.05) is 0 Å². The van der Waals surface area contributed by atoms with Crippen molar-refractivity contribution in [2.45, 2.75) is 12.8 Å². The van der Waals surface area contributed by atoms with Gasteiger partial charge in [-0.3, -0.25) is 4.55 Å². The number of unbranched alkanes of at least 4 members (excludes halogenated alkanes) is 1. The maximum absolute atomic E-state index is 10.0. The summed E-state index contributed by atoms with van der Waals surface area (Å²) < 4.78 is 28.3. The summed E-state index contributed by atoms with van der Waals surface area (Å²) in [5.41, 5.74) is 0. The number of hydrogen-bond donors (Lipinski definition) is 2. The van der Waals surface area contributed by atoms with Crippen molar-refractivity contribution in [3.8, 4) is 0 Å². The zero-order valence-electron chi connectivity index (χ0n) is 6.95. The molecular formula is C4H11NaO3S2. The molecule has 0 aromatic rings. The van der Waals surface area contributed by atoms with Crippen LogP contribution in [0.3, 0.4) is 0 Å². The first kappa shape index (κ1) is 13.8. The van der Waals surface area contributed by atoms with E-state index in [2.05, 4.69) is 12.6 Å². The summed E-state index contributed by atoms with van der Waals surface area (Å²) in [7, 11) is -3.73. The molecule has 58 valence electrons. The monoisotopic (exact) mass is 194 g/mol. The van der Waals surface area contributed by atoms with Crippen LogP contribution in [0.4, 0.5) is 0 Å². The fourth-order valence-corrected chi connectivity index (χ4v) is 1.19. The van der Waals surface area contributed by atoms with E-state index in [1.54, 1.807) is 0 Å². The Hall–Kier alpha value is 1.26. The van der Waals surface area contributed by atoms with Crippen LogP contribution in [-0.2, 0) is 10.1 Å². The minimum absolute atomic E-state index is 0. The summed E-state index contributed by atoms with van der Waals surface area (Å²) in [6.45, 7) is 0. The van der Waals surface area contributed by atoms with Crippen molar-refractivity contribution in [3.63, 3.8) is 0 Å². The van der Waals surface area contributed by atoms with E-state index in [9.17, 15) is 8.42 Å². The van der Waals surface area contributed by atoms with Gasteiger partial charge in [0.15, 0.2) is 0 Å². The normalized spacial score (nSPS) is 10.6. The maximum Gasteiger partial charge on any atom is 1.00 e. The number of hydrogen-bond acceptors (Lipinski definition) is 3. The Labute approximate surface area is 90.5 Å². The molecule has 0 saturated heterocycles. The third kappa shape index (κ3) is 12.0. The second-order valence-electron chi connectivity index (χ2n) is 1.72. The van der Waals surface area contributed by atoms with Crippen molar-refractivity contribution in [2.24, 2.45) is 0 Å². The van der Waals surface area contributed by atoms with Crippen LogP contribution in [0, 0.1) is 0 Å². The van der Waals surface area contributed by atoms with E-state index in [0.29, 0.717) is 12.2 Å². The molecule has 0 heterocycles. The Bertz CT molecular complexity index is 159. The van der Waals surface area contributed by atoms with Crippen LogP contribution >= 0.6 is 12.6 Å². The Morgan fingerprint density at radius 3 is 2.20 bits per heavy atom. The third-order valence-electron chi connectivity index (χ3n) is 0.810. The summed E-state index contributed by atoms with van der Waals surface area (Å²) in [5, 5.41) is 0. The fourth-order valence-electron chi connectivity index (χ4n) is 0.396. The minimum atomic E-state index is -3.73. The second kappa shape index (κ2) is 6.94. The van der Waals surface area contributed by atoms with Crippen LogP contribution in [0.2, 0.25) is 0 Å². The molecule has 0 aromatic carbocycles. The molecule has 6 heteroatoms.